The number of benzene rings is 2. The van der Waals surface area contributed by atoms with Gasteiger partial charge < -0.3 is 19.9 Å². The summed E-state index contributed by atoms with van der Waals surface area (Å²) in [7, 11) is 0. The maximum Gasteiger partial charge on any atom is 0.262 e. The molecule has 2 amide bonds. The summed E-state index contributed by atoms with van der Waals surface area (Å²) in [5, 5.41) is 14.7. The molecular weight excluding hydrogens is 430 g/mol. The Morgan fingerprint density at radius 1 is 1.06 bits per heavy atom. The molecule has 1 fully saturated rings. The van der Waals surface area contributed by atoms with Gasteiger partial charge in [0.25, 0.3) is 5.91 Å². The summed E-state index contributed by atoms with van der Waals surface area (Å²) in [6.07, 6.45) is 6.31. The topological polar surface area (TPSA) is 98.1 Å². The molecule has 0 saturated heterocycles. The van der Waals surface area contributed by atoms with Crippen molar-refractivity contribution in [2.24, 2.45) is 5.92 Å². The fourth-order valence-electron chi connectivity index (χ4n) is 4.18. The van der Waals surface area contributed by atoms with Gasteiger partial charge in [0, 0.05) is 41.9 Å². The highest BCUT2D eigenvalue weighted by Gasteiger charge is 2.29. The van der Waals surface area contributed by atoms with E-state index >= 15 is 0 Å². The number of amides is 2. The molecular formula is C26H29N5O3. The molecule has 176 valence electrons. The SMILES string of the molecule is Cc1ccc(-c2nnc3n2CCCCC3)cc1NC(=O)COc1cccc(NC(=O)C2CC2)c1. The Morgan fingerprint density at radius 3 is 2.79 bits per heavy atom. The van der Waals surface area contributed by atoms with Crippen LogP contribution in [0.5, 0.6) is 5.75 Å². The lowest BCUT2D eigenvalue weighted by molar-refractivity contribution is -0.118. The van der Waals surface area contributed by atoms with Crippen LogP contribution in [0.1, 0.15) is 43.5 Å². The number of ether oxygens (including phenoxy) is 1. The maximum atomic E-state index is 12.6. The fraction of sp³-hybridized carbons (Fsp3) is 0.385. The molecule has 1 saturated carbocycles. The smallest absolute Gasteiger partial charge is 0.262 e. The summed E-state index contributed by atoms with van der Waals surface area (Å²) in [6, 6.07) is 13.1. The van der Waals surface area contributed by atoms with Gasteiger partial charge in [-0.25, -0.2) is 0 Å². The molecule has 34 heavy (non-hydrogen) atoms. The lowest BCUT2D eigenvalue weighted by Crippen LogP contribution is -2.21. The monoisotopic (exact) mass is 459 g/mol. The van der Waals surface area contributed by atoms with Crippen molar-refractivity contribution < 1.29 is 14.3 Å². The minimum absolute atomic E-state index is 0.0369. The summed E-state index contributed by atoms with van der Waals surface area (Å²) in [4.78, 5) is 24.6. The Kier molecular flexibility index (Phi) is 6.29. The Balaban J connectivity index is 1.23. The molecule has 2 heterocycles. The number of hydrogen-bond donors (Lipinski definition) is 2. The van der Waals surface area contributed by atoms with Gasteiger partial charge in [0.15, 0.2) is 12.4 Å². The molecule has 1 aliphatic heterocycles. The highest BCUT2D eigenvalue weighted by Crippen LogP contribution is 2.31. The molecule has 5 rings (SSSR count). The number of fused-ring (bicyclic) bond motifs is 1. The Morgan fingerprint density at radius 2 is 1.94 bits per heavy atom. The minimum Gasteiger partial charge on any atom is -0.484 e. The second-order valence-electron chi connectivity index (χ2n) is 9.06. The Hall–Kier alpha value is -3.68. The minimum atomic E-state index is -0.257. The predicted octanol–water partition coefficient (Wildman–Crippen LogP) is 4.35. The number of carbonyl (C=O) groups is 2. The van der Waals surface area contributed by atoms with Gasteiger partial charge in [-0.3, -0.25) is 9.59 Å². The molecule has 2 aliphatic rings. The zero-order valence-corrected chi connectivity index (χ0v) is 19.3. The molecule has 2 N–H and O–H groups in total. The van der Waals surface area contributed by atoms with Crippen LogP contribution in [0.2, 0.25) is 0 Å². The molecule has 0 bridgehead atoms. The molecule has 2 aromatic carbocycles. The number of nitrogens with zero attached hydrogens (tertiary/aromatic N) is 3. The van der Waals surface area contributed by atoms with E-state index in [1.807, 2.05) is 31.2 Å². The number of carbonyl (C=O) groups excluding carboxylic acids is 2. The molecule has 0 spiro atoms. The van der Waals surface area contributed by atoms with Crippen molar-refractivity contribution >= 4 is 23.2 Å². The third-order valence-electron chi connectivity index (χ3n) is 6.30. The number of anilines is 2. The van der Waals surface area contributed by atoms with Crippen molar-refractivity contribution in [1.29, 1.82) is 0 Å². The van der Waals surface area contributed by atoms with Crippen LogP contribution >= 0.6 is 0 Å². The third-order valence-corrected chi connectivity index (χ3v) is 6.30. The van der Waals surface area contributed by atoms with Crippen molar-refractivity contribution in [2.75, 3.05) is 17.2 Å². The largest absolute Gasteiger partial charge is 0.484 e. The third kappa shape index (κ3) is 5.11. The van der Waals surface area contributed by atoms with Gasteiger partial charge in [0.05, 0.1) is 0 Å². The molecule has 3 aromatic rings. The van der Waals surface area contributed by atoms with E-state index in [2.05, 4.69) is 25.4 Å². The van der Waals surface area contributed by atoms with Gasteiger partial charge in [-0.05, 0) is 56.4 Å². The van der Waals surface area contributed by atoms with Crippen LogP contribution in [0.3, 0.4) is 0 Å². The number of hydrogen-bond acceptors (Lipinski definition) is 5. The first-order valence-corrected chi connectivity index (χ1v) is 11.9. The fourth-order valence-corrected chi connectivity index (χ4v) is 4.18. The maximum absolute atomic E-state index is 12.6. The van der Waals surface area contributed by atoms with Crippen molar-refractivity contribution in [3.8, 4) is 17.1 Å². The summed E-state index contributed by atoms with van der Waals surface area (Å²) in [6.45, 7) is 2.74. The summed E-state index contributed by atoms with van der Waals surface area (Å²) < 4.78 is 7.87. The van der Waals surface area contributed by atoms with Crippen LogP contribution in [0, 0.1) is 12.8 Å². The number of aromatic nitrogens is 3. The van der Waals surface area contributed by atoms with Crippen LogP contribution in [-0.2, 0) is 22.6 Å². The zero-order valence-electron chi connectivity index (χ0n) is 19.3. The average Bonchev–Trinajstić information content (AvgIpc) is 3.65. The second kappa shape index (κ2) is 9.67. The first-order valence-electron chi connectivity index (χ1n) is 11.9. The van der Waals surface area contributed by atoms with Crippen LogP contribution in [-0.4, -0.2) is 33.2 Å². The Labute approximate surface area is 198 Å². The van der Waals surface area contributed by atoms with E-state index in [1.165, 1.54) is 6.42 Å². The van der Waals surface area contributed by atoms with Gasteiger partial charge in [-0.2, -0.15) is 0 Å². The van der Waals surface area contributed by atoms with E-state index in [0.717, 1.165) is 67.1 Å². The molecule has 1 aliphatic carbocycles. The molecule has 8 nitrogen and oxygen atoms in total. The van der Waals surface area contributed by atoms with E-state index in [-0.39, 0.29) is 24.3 Å². The molecule has 0 unspecified atom stereocenters. The standard InChI is InChI=1S/C26H29N5O3/c1-17-9-10-19(25-30-29-23-8-3-2-4-13-31(23)25)14-22(17)28-24(32)16-34-21-7-5-6-20(15-21)27-26(33)18-11-12-18/h5-7,9-10,14-15,18H,2-4,8,11-13,16H2,1H3,(H,27,33)(H,28,32). The molecule has 0 radical (unpaired) electrons. The van der Waals surface area contributed by atoms with E-state index in [0.29, 0.717) is 11.4 Å². The summed E-state index contributed by atoms with van der Waals surface area (Å²) >= 11 is 0. The van der Waals surface area contributed by atoms with E-state index in [1.54, 1.807) is 18.2 Å². The van der Waals surface area contributed by atoms with Crippen molar-refractivity contribution in [1.82, 2.24) is 14.8 Å². The summed E-state index contributed by atoms with van der Waals surface area (Å²) in [5.74, 6) is 2.31. The molecule has 1 aromatic heterocycles. The second-order valence-corrected chi connectivity index (χ2v) is 9.06. The van der Waals surface area contributed by atoms with E-state index in [9.17, 15) is 9.59 Å². The number of aryl methyl sites for hydroxylation is 2. The molecule has 0 atom stereocenters. The van der Waals surface area contributed by atoms with Crippen molar-refractivity contribution in [2.45, 2.75) is 52.0 Å². The van der Waals surface area contributed by atoms with Crippen molar-refractivity contribution in [3.63, 3.8) is 0 Å². The van der Waals surface area contributed by atoms with Crippen LogP contribution in [0.4, 0.5) is 11.4 Å². The number of rotatable bonds is 7. The quantitative estimate of drug-likeness (QED) is 0.548. The Bertz CT molecular complexity index is 1210. The number of nitrogens with one attached hydrogen (secondary N) is 2. The normalized spacial score (nSPS) is 15.2. The van der Waals surface area contributed by atoms with Gasteiger partial charge in [0.2, 0.25) is 5.91 Å². The first-order chi connectivity index (χ1) is 16.6. The van der Waals surface area contributed by atoms with Crippen molar-refractivity contribution in [3.05, 3.63) is 53.9 Å². The highest BCUT2D eigenvalue weighted by molar-refractivity contribution is 5.94. The van der Waals surface area contributed by atoms with E-state index < -0.39 is 0 Å². The summed E-state index contributed by atoms with van der Waals surface area (Å²) in [5.41, 5.74) is 3.28. The van der Waals surface area contributed by atoms with Gasteiger partial charge >= 0.3 is 0 Å². The molecule has 8 heteroatoms. The average molecular weight is 460 g/mol. The lowest BCUT2D eigenvalue weighted by atomic mass is 10.1. The van der Waals surface area contributed by atoms with E-state index in [4.69, 9.17) is 4.74 Å². The first kappa shape index (κ1) is 22.1. The van der Waals surface area contributed by atoms with Crippen LogP contribution < -0.4 is 15.4 Å². The zero-order chi connectivity index (χ0) is 23.5. The van der Waals surface area contributed by atoms with Crippen LogP contribution in [0.25, 0.3) is 11.4 Å². The predicted molar refractivity (Wildman–Crippen MR) is 130 cm³/mol. The van der Waals surface area contributed by atoms with Gasteiger partial charge in [0.1, 0.15) is 11.6 Å². The van der Waals surface area contributed by atoms with Crippen LogP contribution in [0.15, 0.2) is 42.5 Å². The lowest BCUT2D eigenvalue weighted by Gasteiger charge is -2.13. The van der Waals surface area contributed by atoms with Gasteiger partial charge in [-0.1, -0.05) is 24.6 Å². The highest BCUT2D eigenvalue weighted by atomic mass is 16.5. The van der Waals surface area contributed by atoms with Gasteiger partial charge in [-0.15, -0.1) is 10.2 Å².